The van der Waals surface area contributed by atoms with E-state index in [1.807, 2.05) is 51.1 Å². The Bertz CT molecular complexity index is 569. The van der Waals surface area contributed by atoms with Crippen molar-refractivity contribution in [3.63, 3.8) is 0 Å². The SMILES string of the molecule is CC(C)(C)OC(=O)N1CCCN(C(=O)CCOc2ccccc2)CC1. The first-order chi connectivity index (χ1) is 11.8. The fourth-order valence-electron chi connectivity index (χ4n) is 2.61. The number of ether oxygens (including phenoxy) is 2. The average molecular weight is 348 g/mol. The molecule has 2 rings (SSSR count). The predicted octanol–water partition coefficient (Wildman–Crippen LogP) is 2.92. The quantitative estimate of drug-likeness (QED) is 0.839. The maximum absolute atomic E-state index is 12.4. The van der Waals surface area contributed by atoms with Crippen molar-refractivity contribution in [2.45, 2.75) is 39.2 Å². The van der Waals surface area contributed by atoms with Crippen LogP contribution < -0.4 is 4.74 Å². The zero-order valence-electron chi connectivity index (χ0n) is 15.4. The molecule has 2 amide bonds. The lowest BCUT2D eigenvalue weighted by atomic mass is 10.2. The summed E-state index contributed by atoms with van der Waals surface area (Å²) in [6.07, 6.45) is 0.778. The molecule has 0 radical (unpaired) electrons. The second-order valence-corrected chi connectivity index (χ2v) is 7.11. The molecule has 138 valence electrons. The molecule has 1 saturated heterocycles. The minimum atomic E-state index is -0.506. The van der Waals surface area contributed by atoms with Crippen LogP contribution in [-0.4, -0.2) is 60.2 Å². The van der Waals surface area contributed by atoms with Crippen LogP contribution in [0.25, 0.3) is 0 Å². The molecule has 0 bridgehead atoms. The van der Waals surface area contributed by atoms with Crippen molar-refractivity contribution in [1.29, 1.82) is 0 Å². The van der Waals surface area contributed by atoms with Gasteiger partial charge < -0.3 is 19.3 Å². The third-order valence-corrected chi connectivity index (χ3v) is 3.83. The number of amides is 2. The van der Waals surface area contributed by atoms with Gasteiger partial charge in [-0.1, -0.05) is 18.2 Å². The molecule has 0 aliphatic carbocycles. The third-order valence-electron chi connectivity index (χ3n) is 3.83. The number of hydrogen-bond acceptors (Lipinski definition) is 4. The molecule has 1 aliphatic rings. The topological polar surface area (TPSA) is 59.1 Å². The molecule has 0 saturated carbocycles. The van der Waals surface area contributed by atoms with Crippen LogP contribution in [0.5, 0.6) is 5.75 Å². The van der Waals surface area contributed by atoms with Crippen LogP contribution >= 0.6 is 0 Å². The van der Waals surface area contributed by atoms with E-state index < -0.39 is 5.60 Å². The van der Waals surface area contributed by atoms with Crippen LogP contribution in [0.4, 0.5) is 4.79 Å². The smallest absolute Gasteiger partial charge is 0.410 e. The summed E-state index contributed by atoms with van der Waals surface area (Å²) < 4.78 is 11.0. The fourth-order valence-corrected chi connectivity index (χ4v) is 2.61. The molecule has 0 atom stereocenters. The number of carbonyl (C=O) groups is 2. The standard InChI is InChI=1S/C19H28N2O4/c1-19(2,3)25-18(23)21-12-7-11-20(13-14-21)17(22)10-15-24-16-8-5-4-6-9-16/h4-6,8-9H,7,10-15H2,1-3H3. The summed E-state index contributed by atoms with van der Waals surface area (Å²) in [4.78, 5) is 28.0. The van der Waals surface area contributed by atoms with Gasteiger partial charge in [-0.05, 0) is 39.3 Å². The third kappa shape index (κ3) is 6.64. The van der Waals surface area contributed by atoms with E-state index >= 15 is 0 Å². The summed E-state index contributed by atoms with van der Waals surface area (Å²) in [7, 11) is 0. The van der Waals surface area contributed by atoms with Crippen molar-refractivity contribution in [3.8, 4) is 5.75 Å². The Hall–Kier alpha value is -2.24. The Labute approximate surface area is 149 Å². The van der Waals surface area contributed by atoms with Crippen molar-refractivity contribution in [3.05, 3.63) is 30.3 Å². The molecule has 0 unspecified atom stereocenters. The Morgan fingerprint density at radius 2 is 1.64 bits per heavy atom. The molecule has 0 N–H and O–H groups in total. The molecule has 6 nitrogen and oxygen atoms in total. The van der Waals surface area contributed by atoms with Crippen LogP contribution in [-0.2, 0) is 9.53 Å². The number of nitrogens with zero attached hydrogens (tertiary/aromatic N) is 2. The first kappa shape index (κ1) is 19.1. The van der Waals surface area contributed by atoms with Crippen molar-refractivity contribution in [2.75, 3.05) is 32.8 Å². The summed E-state index contributed by atoms with van der Waals surface area (Å²) in [6.45, 7) is 8.21. The van der Waals surface area contributed by atoms with Gasteiger partial charge in [-0.2, -0.15) is 0 Å². The Balaban J connectivity index is 1.76. The van der Waals surface area contributed by atoms with Crippen molar-refractivity contribution in [1.82, 2.24) is 9.80 Å². The van der Waals surface area contributed by atoms with E-state index in [9.17, 15) is 9.59 Å². The minimum Gasteiger partial charge on any atom is -0.493 e. The molecule has 1 fully saturated rings. The first-order valence-electron chi connectivity index (χ1n) is 8.79. The largest absolute Gasteiger partial charge is 0.493 e. The number of rotatable bonds is 4. The maximum Gasteiger partial charge on any atom is 0.410 e. The second kappa shape index (κ2) is 8.74. The number of benzene rings is 1. The Kier molecular flexibility index (Phi) is 6.67. The zero-order chi connectivity index (χ0) is 18.3. The van der Waals surface area contributed by atoms with Gasteiger partial charge in [0.2, 0.25) is 5.91 Å². The summed E-state index contributed by atoms with van der Waals surface area (Å²) in [5, 5.41) is 0. The number of carbonyl (C=O) groups excluding carboxylic acids is 2. The van der Waals surface area contributed by atoms with Gasteiger partial charge in [0, 0.05) is 26.2 Å². The van der Waals surface area contributed by atoms with Crippen molar-refractivity contribution >= 4 is 12.0 Å². The van der Waals surface area contributed by atoms with E-state index in [2.05, 4.69) is 0 Å². The molecule has 0 spiro atoms. The van der Waals surface area contributed by atoms with Crippen LogP contribution in [0.15, 0.2) is 30.3 Å². The Morgan fingerprint density at radius 1 is 1.00 bits per heavy atom. The molecular weight excluding hydrogens is 320 g/mol. The fraction of sp³-hybridized carbons (Fsp3) is 0.579. The van der Waals surface area contributed by atoms with Gasteiger partial charge in [-0.15, -0.1) is 0 Å². The van der Waals surface area contributed by atoms with E-state index in [0.717, 1.165) is 12.2 Å². The summed E-state index contributed by atoms with van der Waals surface area (Å²) in [6, 6.07) is 9.46. The van der Waals surface area contributed by atoms with Crippen LogP contribution in [0.3, 0.4) is 0 Å². The lowest BCUT2D eigenvalue weighted by molar-refractivity contribution is -0.131. The molecule has 25 heavy (non-hydrogen) atoms. The van der Waals surface area contributed by atoms with E-state index in [1.165, 1.54) is 0 Å². The lowest BCUT2D eigenvalue weighted by Crippen LogP contribution is -2.40. The molecule has 1 aromatic carbocycles. The minimum absolute atomic E-state index is 0.0574. The number of para-hydroxylation sites is 1. The zero-order valence-corrected chi connectivity index (χ0v) is 15.4. The van der Waals surface area contributed by atoms with Gasteiger partial charge in [-0.3, -0.25) is 4.79 Å². The predicted molar refractivity (Wildman–Crippen MR) is 95.6 cm³/mol. The van der Waals surface area contributed by atoms with Crippen LogP contribution in [0, 0.1) is 0 Å². The van der Waals surface area contributed by atoms with Gasteiger partial charge in [-0.25, -0.2) is 4.79 Å². The first-order valence-corrected chi connectivity index (χ1v) is 8.79. The van der Waals surface area contributed by atoms with Gasteiger partial charge in [0.25, 0.3) is 0 Å². The van der Waals surface area contributed by atoms with E-state index in [-0.39, 0.29) is 12.0 Å². The molecular formula is C19H28N2O4. The van der Waals surface area contributed by atoms with Gasteiger partial charge >= 0.3 is 6.09 Å². The second-order valence-electron chi connectivity index (χ2n) is 7.11. The van der Waals surface area contributed by atoms with Gasteiger partial charge in [0.1, 0.15) is 11.4 Å². The molecule has 1 aliphatic heterocycles. The molecule has 6 heteroatoms. The molecule has 1 aromatic rings. The highest BCUT2D eigenvalue weighted by Gasteiger charge is 2.25. The normalized spacial score (nSPS) is 15.5. The van der Waals surface area contributed by atoms with E-state index in [4.69, 9.17) is 9.47 Å². The average Bonchev–Trinajstić information content (AvgIpc) is 2.80. The lowest BCUT2D eigenvalue weighted by Gasteiger charge is -2.26. The van der Waals surface area contributed by atoms with Crippen molar-refractivity contribution < 1.29 is 19.1 Å². The van der Waals surface area contributed by atoms with Crippen molar-refractivity contribution in [2.24, 2.45) is 0 Å². The van der Waals surface area contributed by atoms with E-state index in [0.29, 0.717) is 39.2 Å². The van der Waals surface area contributed by atoms with Gasteiger partial charge in [0.15, 0.2) is 0 Å². The highest BCUT2D eigenvalue weighted by molar-refractivity contribution is 5.76. The summed E-state index contributed by atoms with van der Waals surface area (Å²) >= 11 is 0. The summed E-state index contributed by atoms with van der Waals surface area (Å²) in [5.41, 5.74) is -0.506. The highest BCUT2D eigenvalue weighted by Crippen LogP contribution is 2.13. The highest BCUT2D eigenvalue weighted by atomic mass is 16.6. The molecule has 0 aromatic heterocycles. The monoisotopic (exact) mass is 348 g/mol. The Morgan fingerprint density at radius 3 is 2.32 bits per heavy atom. The van der Waals surface area contributed by atoms with Crippen LogP contribution in [0.2, 0.25) is 0 Å². The number of hydrogen-bond donors (Lipinski definition) is 0. The van der Waals surface area contributed by atoms with E-state index in [1.54, 1.807) is 9.80 Å². The van der Waals surface area contributed by atoms with Gasteiger partial charge in [0.05, 0.1) is 13.0 Å². The summed E-state index contributed by atoms with van der Waals surface area (Å²) in [5.74, 6) is 0.823. The van der Waals surface area contributed by atoms with Crippen LogP contribution in [0.1, 0.15) is 33.6 Å². The molecule has 1 heterocycles. The maximum atomic E-state index is 12.4.